The smallest absolute Gasteiger partial charge is 0.253 e. The Balaban J connectivity index is 1.27. The molecular formula is C28H42N4O4. The van der Waals surface area contributed by atoms with Crippen molar-refractivity contribution in [2.45, 2.75) is 71.2 Å². The molecule has 0 spiro atoms. The van der Waals surface area contributed by atoms with E-state index in [4.69, 9.17) is 7.48 Å². The number of hydrogen-bond acceptors (Lipinski definition) is 7. The number of anilines is 2. The monoisotopic (exact) mass is 502 g/mol. The Labute approximate surface area is 217 Å². The zero-order valence-corrected chi connectivity index (χ0v) is 21.3. The Morgan fingerprint density at radius 3 is 2.39 bits per heavy atom. The van der Waals surface area contributed by atoms with E-state index in [0.29, 0.717) is 44.0 Å². The molecule has 1 heterocycles. The van der Waals surface area contributed by atoms with E-state index in [1.54, 1.807) is 0 Å². The third kappa shape index (κ3) is 8.97. The SMILES string of the molecule is [3H]CC([3H])C(=O)NCCCCCCNc1c(NCCCOc2cccc(CN3CCCCC3)c2)c(=O)c1=O. The second-order valence-electron chi connectivity index (χ2n) is 9.36. The van der Waals surface area contributed by atoms with Gasteiger partial charge in [-0.05, 0) is 62.9 Å². The highest BCUT2D eigenvalue weighted by Crippen LogP contribution is 2.18. The van der Waals surface area contributed by atoms with E-state index >= 15 is 0 Å². The number of rotatable bonds is 17. The summed E-state index contributed by atoms with van der Waals surface area (Å²) >= 11 is 0. The first kappa shape index (κ1) is 24.8. The van der Waals surface area contributed by atoms with Crippen LogP contribution < -0.4 is 31.5 Å². The summed E-state index contributed by atoms with van der Waals surface area (Å²) in [5.41, 5.74) is 1.04. The number of likely N-dealkylation sites (tertiary alicyclic amines) is 1. The normalized spacial score (nSPS) is 15.7. The van der Waals surface area contributed by atoms with Crippen molar-refractivity contribution in [3.8, 4) is 5.75 Å². The molecule has 1 atom stereocenters. The van der Waals surface area contributed by atoms with E-state index in [-0.39, 0.29) is 6.90 Å². The van der Waals surface area contributed by atoms with Crippen LogP contribution in [0.25, 0.3) is 0 Å². The number of piperidine rings is 1. The van der Waals surface area contributed by atoms with Crippen molar-refractivity contribution in [3.63, 3.8) is 0 Å². The number of ether oxygens (including phenoxy) is 1. The maximum atomic E-state index is 12.0. The molecule has 2 aromatic rings. The first-order valence-corrected chi connectivity index (χ1v) is 13.2. The fraction of sp³-hybridized carbons (Fsp3) is 0.607. The molecule has 0 radical (unpaired) electrons. The van der Waals surface area contributed by atoms with Crippen LogP contribution in [-0.4, -0.2) is 50.1 Å². The van der Waals surface area contributed by atoms with Crippen LogP contribution >= 0.6 is 0 Å². The predicted octanol–water partition coefficient (Wildman–Crippen LogP) is 3.65. The lowest BCUT2D eigenvalue weighted by atomic mass is 10.1. The van der Waals surface area contributed by atoms with E-state index < -0.39 is 23.2 Å². The molecule has 0 aliphatic carbocycles. The van der Waals surface area contributed by atoms with Gasteiger partial charge in [-0.1, -0.05) is 38.3 Å². The van der Waals surface area contributed by atoms with E-state index in [1.807, 2.05) is 12.1 Å². The molecule has 1 aliphatic heterocycles. The lowest BCUT2D eigenvalue weighted by Crippen LogP contribution is -2.37. The highest BCUT2D eigenvalue weighted by atomic mass is 16.5. The minimum absolute atomic E-state index is 0.229. The molecule has 1 aliphatic rings. The van der Waals surface area contributed by atoms with Crippen molar-refractivity contribution in [3.05, 3.63) is 50.3 Å². The van der Waals surface area contributed by atoms with Gasteiger partial charge in [0, 0.05) is 35.3 Å². The third-order valence-corrected chi connectivity index (χ3v) is 6.45. The molecule has 1 fully saturated rings. The highest BCUT2D eigenvalue weighted by molar-refractivity contribution is 5.75. The quantitative estimate of drug-likeness (QED) is 0.224. The molecule has 1 saturated heterocycles. The van der Waals surface area contributed by atoms with Gasteiger partial charge in [-0.3, -0.25) is 19.3 Å². The van der Waals surface area contributed by atoms with Crippen LogP contribution in [0, 0.1) is 0 Å². The lowest BCUT2D eigenvalue weighted by molar-refractivity contribution is -0.120. The summed E-state index contributed by atoms with van der Waals surface area (Å²) in [6.45, 7) is 5.20. The largest absolute Gasteiger partial charge is 0.494 e. The molecule has 0 aromatic heterocycles. The van der Waals surface area contributed by atoms with E-state index in [0.717, 1.165) is 51.1 Å². The van der Waals surface area contributed by atoms with Gasteiger partial charge in [0.05, 0.1) is 6.61 Å². The van der Waals surface area contributed by atoms with Crippen LogP contribution in [0.1, 0.15) is 73.0 Å². The summed E-state index contributed by atoms with van der Waals surface area (Å²) in [6, 6.07) is 8.23. The van der Waals surface area contributed by atoms with Gasteiger partial charge in [-0.15, -0.1) is 0 Å². The molecule has 8 heteroatoms. The van der Waals surface area contributed by atoms with E-state index in [2.05, 4.69) is 33.0 Å². The van der Waals surface area contributed by atoms with Gasteiger partial charge in [0.25, 0.3) is 10.9 Å². The van der Waals surface area contributed by atoms with Gasteiger partial charge in [0.2, 0.25) is 5.91 Å². The fourth-order valence-corrected chi connectivity index (χ4v) is 4.41. The van der Waals surface area contributed by atoms with Crippen LogP contribution in [0.15, 0.2) is 33.9 Å². The van der Waals surface area contributed by atoms with Gasteiger partial charge >= 0.3 is 0 Å². The first-order chi connectivity index (χ1) is 18.5. The minimum atomic E-state index is -1.02. The standard InChI is InChI=1S/C28H42N4O4/c1-2-24(33)29-14-6-3-4-7-15-30-25-26(28(35)27(25)34)31-16-11-19-36-23-13-10-12-22(20-23)21-32-17-8-5-9-18-32/h10,12-13,20,30-31H,2-9,11,14-19,21H2,1H3,(H,29,33)/i1T,2T. The Bertz CT molecular complexity index is 1070. The summed E-state index contributed by atoms with van der Waals surface area (Å²) in [6.07, 6.45) is 7.02. The van der Waals surface area contributed by atoms with Crippen molar-refractivity contribution in [2.24, 2.45) is 0 Å². The molecule has 0 bridgehead atoms. The number of benzene rings is 1. The summed E-state index contributed by atoms with van der Waals surface area (Å²) in [7, 11) is 0. The van der Waals surface area contributed by atoms with Gasteiger partial charge in [-0.25, -0.2) is 0 Å². The maximum absolute atomic E-state index is 12.0. The van der Waals surface area contributed by atoms with Crippen molar-refractivity contribution in [2.75, 3.05) is 50.0 Å². The second-order valence-corrected chi connectivity index (χ2v) is 9.36. The van der Waals surface area contributed by atoms with Crippen molar-refractivity contribution < 1.29 is 12.3 Å². The van der Waals surface area contributed by atoms with Crippen molar-refractivity contribution >= 4 is 17.3 Å². The number of nitrogens with zero attached hydrogens (tertiary/aromatic N) is 1. The van der Waals surface area contributed by atoms with Crippen LogP contribution in [-0.2, 0) is 11.3 Å². The molecule has 8 nitrogen and oxygen atoms in total. The second kappa shape index (κ2) is 15.3. The molecule has 2 aromatic carbocycles. The van der Waals surface area contributed by atoms with Gasteiger partial charge < -0.3 is 20.7 Å². The van der Waals surface area contributed by atoms with E-state index in [1.165, 1.54) is 24.8 Å². The minimum Gasteiger partial charge on any atom is -0.494 e. The molecular weight excluding hydrogens is 456 g/mol. The van der Waals surface area contributed by atoms with Crippen LogP contribution in [0.4, 0.5) is 11.4 Å². The zero-order valence-electron chi connectivity index (χ0n) is 23.3. The Hall–Kier alpha value is -2.87. The summed E-state index contributed by atoms with van der Waals surface area (Å²) in [5, 5.41) is 8.83. The summed E-state index contributed by atoms with van der Waals surface area (Å²) in [5.74, 6) is 0.456. The number of carbonyl (C=O) groups is 1. The average Bonchev–Trinajstić information content (AvgIpc) is 2.94. The molecule has 198 valence electrons. The molecule has 1 unspecified atom stereocenters. The molecule has 1 amide bonds. The molecule has 3 N–H and O–H groups in total. The molecule has 36 heavy (non-hydrogen) atoms. The lowest BCUT2D eigenvalue weighted by Gasteiger charge is -2.26. The van der Waals surface area contributed by atoms with Gasteiger partial charge in [0.1, 0.15) is 17.1 Å². The van der Waals surface area contributed by atoms with Crippen molar-refractivity contribution in [1.82, 2.24) is 10.2 Å². The van der Waals surface area contributed by atoms with Crippen LogP contribution in [0.3, 0.4) is 0 Å². The Morgan fingerprint density at radius 1 is 0.972 bits per heavy atom. The topological polar surface area (TPSA) is 99.8 Å². The number of nitrogens with one attached hydrogen (secondary N) is 3. The number of hydrogen-bond donors (Lipinski definition) is 3. The predicted molar refractivity (Wildman–Crippen MR) is 146 cm³/mol. The average molecular weight is 503 g/mol. The zero-order chi connectivity index (χ0) is 27.2. The first-order valence-electron chi connectivity index (χ1n) is 14.5. The van der Waals surface area contributed by atoms with Crippen molar-refractivity contribution in [1.29, 1.82) is 0 Å². The Morgan fingerprint density at radius 2 is 1.67 bits per heavy atom. The summed E-state index contributed by atoms with van der Waals surface area (Å²) in [4.78, 5) is 37.9. The fourth-order valence-electron chi connectivity index (χ4n) is 4.41. The maximum Gasteiger partial charge on any atom is 0.253 e. The number of amides is 1. The van der Waals surface area contributed by atoms with Gasteiger partial charge in [0.15, 0.2) is 0 Å². The van der Waals surface area contributed by atoms with Crippen LogP contribution in [0.5, 0.6) is 5.75 Å². The van der Waals surface area contributed by atoms with E-state index in [9.17, 15) is 14.4 Å². The highest BCUT2D eigenvalue weighted by Gasteiger charge is 2.19. The Kier molecular flexibility index (Phi) is 10.5. The number of carbonyl (C=O) groups excluding carboxylic acids is 1. The molecule has 3 rings (SSSR count). The molecule has 0 saturated carbocycles. The van der Waals surface area contributed by atoms with Gasteiger partial charge in [-0.2, -0.15) is 0 Å². The number of unbranched alkanes of at least 4 members (excludes halogenated alkanes) is 3. The summed E-state index contributed by atoms with van der Waals surface area (Å²) < 4.78 is 20.3. The van der Waals surface area contributed by atoms with Crippen LogP contribution in [0.2, 0.25) is 0 Å². The third-order valence-electron chi connectivity index (χ3n) is 6.45.